The SMILES string of the molecule is C=C(CCO)C(=O)OC[C@H]1O[C@@H](OC(=O)C(=C)CCO)[C@H](O)[C@H](O)[C@@H]1O. The number of aliphatic hydroxyl groups excluding tert-OH is 5. The molecule has 10 nitrogen and oxygen atoms in total. The lowest BCUT2D eigenvalue weighted by atomic mass is 9.99. The van der Waals surface area contributed by atoms with Gasteiger partial charge in [-0.15, -0.1) is 0 Å². The van der Waals surface area contributed by atoms with E-state index in [1.54, 1.807) is 0 Å². The summed E-state index contributed by atoms with van der Waals surface area (Å²) < 4.78 is 15.0. The molecule has 0 bridgehead atoms. The van der Waals surface area contributed by atoms with Gasteiger partial charge < -0.3 is 39.7 Å². The summed E-state index contributed by atoms with van der Waals surface area (Å²) in [5, 5.41) is 47.2. The van der Waals surface area contributed by atoms with Crippen LogP contribution in [0.5, 0.6) is 0 Å². The van der Waals surface area contributed by atoms with Crippen molar-refractivity contribution in [3.8, 4) is 0 Å². The summed E-state index contributed by atoms with van der Waals surface area (Å²) in [7, 11) is 0. The standard InChI is InChI=1S/C16H24O10/c1-8(3-5-17)14(22)24-7-10-11(19)12(20)13(21)16(25-10)26-15(23)9(2)4-6-18/h10-13,16-21H,1-7H2/t10-,11-,12-,13-,16+/m1/s1. The first-order valence-corrected chi connectivity index (χ1v) is 7.88. The number of carbonyl (C=O) groups excluding carboxylic acids is 2. The van der Waals surface area contributed by atoms with Crippen LogP contribution >= 0.6 is 0 Å². The Morgan fingerprint density at radius 3 is 1.96 bits per heavy atom. The molecule has 0 aromatic heterocycles. The number of hydrogen-bond donors (Lipinski definition) is 5. The molecule has 0 saturated carbocycles. The van der Waals surface area contributed by atoms with Crippen molar-refractivity contribution >= 4 is 11.9 Å². The molecule has 1 fully saturated rings. The van der Waals surface area contributed by atoms with Crippen LogP contribution in [-0.2, 0) is 23.8 Å². The van der Waals surface area contributed by atoms with Gasteiger partial charge in [0, 0.05) is 37.2 Å². The zero-order valence-corrected chi connectivity index (χ0v) is 14.1. The van der Waals surface area contributed by atoms with Gasteiger partial charge in [-0.25, -0.2) is 9.59 Å². The summed E-state index contributed by atoms with van der Waals surface area (Å²) in [6.45, 7) is 5.68. The Hall–Kier alpha value is -1.82. The molecule has 5 atom stereocenters. The fourth-order valence-corrected chi connectivity index (χ4v) is 2.07. The minimum atomic E-state index is -1.74. The van der Waals surface area contributed by atoms with Gasteiger partial charge in [0.15, 0.2) is 0 Å². The quantitative estimate of drug-likeness (QED) is 0.219. The van der Waals surface area contributed by atoms with Gasteiger partial charge in [-0.3, -0.25) is 0 Å². The number of ether oxygens (including phenoxy) is 3. The first-order chi connectivity index (χ1) is 12.2. The molecular formula is C16H24O10. The van der Waals surface area contributed by atoms with Crippen LogP contribution in [0.2, 0.25) is 0 Å². The van der Waals surface area contributed by atoms with E-state index in [4.69, 9.17) is 24.4 Å². The Morgan fingerprint density at radius 2 is 1.42 bits per heavy atom. The van der Waals surface area contributed by atoms with Crippen LogP contribution in [0.15, 0.2) is 24.3 Å². The summed E-state index contributed by atoms with van der Waals surface area (Å²) in [6, 6.07) is 0. The predicted molar refractivity (Wildman–Crippen MR) is 85.4 cm³/mol. The highest BCUT2D eigenvalue weighted by Gasteiger charge is 2.46. The second kappa shape index (κ2) is 10.4. The maximum absolute atomic E-state index is 11.8. The van der Waals surface area contributed by atoms with Crippen LogP contribution in [0.4, 0.5) is 0 Å². The highest BCUT2D eigenvalue weighted by Crippen LogP contribution is 2.23. The fraction of sp³-hybridized carbons (Fsp3) is 0.625. The molecule has 1 saturated heterocycles. The molecule has 26 heavy (non-hydrogen) atoms. The van der Waals surface area contributed by atoms with Crippen molar-refractivity contribution in [3.05, 3.63) is 24.3 Å². The molecule has 5 N–H and O–H groups in total. The van der Waals surface area contributed by atoms with E-state index in [-0.39, 0.29) is 37.2 Å². The highest BCUT2D eigenvalue weighted by atomic mass is 16.7. The van der Waals surface area contributed by atoms with Crippen molar-refractivity contribution in [2.24, 2.45) is 0 Å². The van der Waals surface area contributed by atoms with E-state index in [2.05, 4.69) is 13.2 Å². The Kier molecular flexibility index (Phi) is 8.85. The fourth-order valence-electron chi connectivity index (χ4n) is 2.07. The van der Waals surface area contributed by atoms with Gasteiger partial charge in [0.05, 0.1) is 0 Å². The first kappa shape index (κ1) is 22.2. The largest absolute Gasteiger partial charge is 0.459 e. The lowest BCUT2D eigenvalue weighted by molar-refractivity contribution is -0.292. The van der Waals surface area contributed by atoms with Crippen LogP contribution in [-0.4, -0.2) is 88.0 Å². The average Bonchev–Trinajstić information content (AvgIpc) is 2.61. The molecule has 0 aromatic carbocycles. The zero-order valence-electron chi connectivity index (χ0n) is 14.1. The molecule has 1 aliphatic heterocycles. The number of rotatable bonds is 9. The van der Waals surface area contributed by atoms with Gasteiger partial charge in [0.1, 0.15) is 31.0 Å². The van der Waals surface area contributed by atoms with Crippen molar-refractivity contribution in [2.45, 2.75) is 43.5 Å². The monoisotopic (exact) mass is 376 g/mol. The van der Waals surface area contributed by atoms with E-state index < -0.39 is 49.3 Å². The number of esters is 2. The van der Waals surface area contributed by atoms with Gasteiger partial charge >= 0.3 is 11.9 Å². The molecule has 0 spiro atoms. The second-order valence-corrected chi connectivity index (χ2v) is 5.67. The smallest absolute Gasteiger partial charge is 0.335 e. The second-order valence-electron chi connectivity index (χ2n) is 5.67. The van der Waals surface area contributed by atoms with Crippen molar-refractivity contribution in [1.29, 1.82) is 0 Å². The molecular weight excluding hydrogens is 352 g/mol. The van der Waals surface area contributed by atoms with E-state index >= 15 is 0 Å². The van der Waals surface area contributed by atoms with E-state index in [0.717, 1.165) is 0 Å². The van der Waals surface area contributed by atoms with Crippen LogP contribution < -0.4 is 0 Å². The molecule has 1 rings (SSSR count). The molecule has 0 unspecified atom stereocenters. The van der Waals surface area contributed by atoms with E-state index in [9.17, 15) is 24.9 Å². The molecule has 0 aromatic rings. The van der Waals surface area contributed by atoms with Crippen LogP contribution in [0.1, 0.15) is 12.8 Å². The first-order valence-electron chi connectivity index (χ1n) is 7.88. The lowest BCUT2D eigenvalue weighted by Crippen LogP contribution is -2.59. The van der Waals surface area contributed by atoms with Crippen LogP contribution in [0.25, 0.3) is 0 Å². The number of carbonyl (C=O) groups is 2. The highest BCUT2D eigenvalue weighted by molar-refractivity contribution is 5.88. The minimum Gasteiger partial charge on any atom is -0.459 e. The Morgan fingerprint density at radius 1 is 0.885 bits per heavy atom. The van der Waals surface area contributed by atoms with Gasteiger partial charge in [-0.2, -0.15) is 0 Å². The summed E-state index contributed by atoms with van der Waals surface area (Å²) in [6.07, 6.45) is -8.06. The molecule has 0 radical (unpaired) electrons. The number of hydrogen-bond acceptors (Lipinski definition) is 10. The van der Waals surface area contributed by atoms with Crippen molar-refractivity contribution < 1.29 is 49.3 Å². The molecule has 148 valence electrons. The van der Waals surface area contributed by atoms with Gasteiger partial charge in [0.2, 0.25) is 6.29 Å². The van der Waals surface area contributed by atoms with Crippen molar-refractivity contribution in [1.82, 2.24) is 0 Å². The third-order valence-corrected chi connectivity index (χ3v) is 3.67. The van der Waals surface area contributed by atoms with Crippen LogP contribution in [0, 0.1) is 0 Å². The van der Waals surface area contributed by atoms with E-state index in [1.165, 1.54) is 0 Å². The third-order valence-electron chi connectivity index (χ3n) is 3.67. The zero-order chi connectivity index (χ0) is 19.9. The average molecular weight is 376 g/mol. The summed E-state index contributed by atoms with van der Waals surface area (Å²) in [5.41, 5.74) is -0.0751. The third kappa shape index (κ3) is 5.87. The number of aliphatic hydroxyl groups is 5. The molecule has 10 heteroatoms. The Balaban J connectivity index is 2.69. The topological polar surface area (TPSA) is 163 Å². The maximum atomic E-state index is 11.8. The van der Waals surface area contributed by atoms with E-state index in [1.807, 2.05) is 0 Å². The summed E-state index contributed by atoms with van der Waals surface area (Å²) in [5.74, 6) is -1.79. The summed E-state index contributed by atoms with van der Waals surface area (Å²) in [4.78, 5) is 23.4. The van der Waals surface area contributed by atoms with E-state index in [0.29, 0.717) is 0 Å². The molecule has 1 heterocycles. The predicted octanol–water partition coefficient (Wildman–Crippen LogP) is -2.24. The summed E-state index contributed by atoms with van der Waals surface area (Å²) >= 11 is 0. The lowest BCUT2D eigenvalue weighted by Gasteiger charge is -2.39. The minimum absolute atomic E-state index is 0.00144. The Bertz CT molecular complexity index is 529. The Labute approximate surface area is 149 Å². The van der Waals surface area contributed by atoms with Gasteiger partial charge in [-0.05, 0) is 0 Å². The van der Waals surface area contributed by atoms with Crippen LogP contribution in [0.3, 0.4) is 0 Å². The van der Waals surface area contributed by atoms with Crippen molar-refractivity contribution in [3.63, 3.8) is 0 Å². The molecule has 1 aliphatic rings. The van der Waals surface area contributed by atoms with Gasteiger partial charge in [-0.1, -0.05) is 13.2 Å². The maximum Gasteiger partial charge on any atom is 0.335 e. The molecule has 0 aliphatic carbocycles. The van der Waals surface area contributed by atoms with Crippen molar-refractivity contribution in [2.75, 3.05) is 19.8 Å². The van der Waals surface area contributed by atoms with Gasteiger partial charge in [0.25, 0.3) is 0 Å². The molecule has 0 amide bonds. The normalized spacial score (nSPS) is 28.3.